The van der Waals surface area contributed by atoms with Gasteiger partial charge < -0.3 is 9.84 Å². The molecule has 5 heteroatoms. The molecule has 0 heterocycles. The second-order valence-electron chi connectivity index (χ2n) is 3.91. The first-order chi connectivity index (χ1) is 7.90. The highest BCUT2D eigenvalue weighted by Gasteiger charge is 2.18. The second kappa shape index (κ2) is 6.12. The minimum atomic E-state index is -0.887. The lowest BCUT2D eigenvalue weighted by Gasteiger charge is -2.16. The molecule has 3 nitrogen and oxygen atoms in total. The van der Waals surface area contributed by atoms with Crippen molar-refractivity contribution in [3.8, 4) is 5.75 Å². The fourth-order valence-electron chi connectivity index (χ4n) is 1.27. The van der Waals surface area contributed by atoms with Crippen molar-refractivity contribution >= 4 is 29.2 Å². The van der Waals surface area contributed by atoms with E-state index in [2.05, 4.69) is 0 Å². The van der Waals surface area contributed by atoms with Crippen molar-refractivity contribution in [2.75, 3.05) is 0 Å². The van der Waals surface area contributed by atoms with Gasteiger partial charge in [-0.1, -0.05) is 36.2 Å². The largest absolute Gasteiger partial charge is 0.481 e. The molecule has 0 amide bonds. The van der Waals surface area contributed by atoms with Crippen molar-refractivity contribution in [1.29, 1.82) is 0 Å². The number of ether oxygens (including phenoxy) is 1. The van der Waals surface area contributed by atoms with E-state index in [0.717, 1.165) is 5.56 Å². The van der Waals surface area contributed by atoms with Gasteiger partial charge in [-0.3, -0.25) is 4.79 Å². The third-order valence-electron chi connectivity index (χ3n) is 2.37. The molecule has 94 valence electrons. The van der Waals surface area contributed by atoms with Gasteiger partial charge >= 0.3 is 5.97 Å². The Morgan fingerprint density at radius 3 is 2.76 bits per heavy atom. The van der Waals surface area contributed by atoms with Crippen molar-refractivity contribution in [2.24, 2.45) is 5.92 Å². The summed E-state index contributed by atoms with van der Waals surface area (Å²) < 4.78 is 5.46. The SMILES string of the molecule is Cc1ccc(Cl)cc1OC(Cl)CC(C)C(=O)O. The monoisotopic (exact) mass is 276 g/mol. The molecule has 1 aromatic rings. The number of aliphatic carboxylic acids is 1. The Kier molecular flexibility index (Phi) is 5.09. The number of benzene rings is 1. The van der Waals surface area contributed by atoms with Crippen molar-refractivity contribution in [3.05, 3.63) is 28.8 Å². The molecular weight excluding hydrogens is 263 g/mol. The molecule has 0 saturated carbocycles. The Morgan fingerprint density at radius 1 is 1.53 bits per heavy atom. The van der Waals surface area contributed by atoms with Crippen LogP contribution in [0.15, 0.2) is 18.2 Å². The zero-order valence-corrected chi connectivity index (χ0v) is 11.1. The Balaban J connectivity index is 2.64. The molecular formula is C12H14Cl2O3. The first kappa shape index (κ1) is 14.1. The summed E-state index contributed by atoms with van der Waals surface area (Å²) in [6, 6.07) is 5.24. The van der Waals surface area contributed by atoms with E-state index in [1.54, 1.807) is 19.1 Å². The number of carboxylic acids is 1. The van der Waals surface area contributed by atoms with Gasteiger partial charge in [-0.15, -0.1) is 0 Å². The Labute approximate surface area is 110 Å². The van der Waals surface area contributed by atoms with Crippen LogP contribution in [-0.4, -0.2) is 16.6 Å². The van der Waals surface area contributed by atoms with Gasteiger partial charge in [0, 0.05) is 11.4 Å². The number of carboxylic acid groups (broad SMARTS) is 1. The molecule has 2 atom stereocenters. The third-order valence-corrected chi connectivity index (χ3v) is 2.87. The van der Waals surface area contributed by atoms with Crippen LogP contribution in [0.2, 0.25) is 5.02 Å². The fraction of sp³-hybridized carbons (Fsp3) is 0.417. The van der Waals surface area contributed by atoms with Crippen LogP contribution in [0.5, 0.6) is 5.75 Å². The molecule has 0 aromatic heterocycles. The van der Waals surface area contributed by atoms with Crippen molar-refractivity contribution < 1.29 is 14.6 Å². The topological polar surface area (TPSA) is 46.5 Å². The minimum Gasteiger partial charge on any atom is -0.481 e. The second-order valence-corrected chi connectivity index (χ2v) is 4.84. The average Bonchev–Trinajstić information content (AvgIpc) is 2.23. The van der Waals surface area contributed by atoms with Crippen LogP contribution in [-0.2, 0) is 4.79 Å². The van der Waals surface area contributed by atoms with E-state index in [0.29, 0.717) is 10.8 Å². The first-order valence-corrected chi connectivity index (χ1v) is 6.01. The third kappa shape index (κ3) is 4.44. The predicted molar refractivity (Wildman–Crippen MR) is 67.9 cm³/mol. The van der Waals surface area contributed by atoms with Crippen LogP contribution in [0.1, 0.15) is 18.9 Å². The van der Waals surface area contributed by atoms with Crippen molar-refractivity contribution in [2.45, 2.75) is 25.8 Å². The highest BCUT2D eigenvalue weighted by atomic mass is 35.5. The molecule has 0 saturated heterocycles. The predicted octanol–water partition coefficient (Wildman–Crippen LogP) is 3.70. The van der Waals surface area contributed by atoms with E-state index in [9.17, 15) is 4.79 Å². The number of rotatable bonds is 5. The van der Waals surface area contributed by atoms with Crippen LogP contribution in [0.25, 0.3) is 0 Å². The fourth-order valence-corrected chi connectivity index (χ4v) is 1.79. The van der Waals surface area contributed by atoms with E-state index in [1.807, 2.05) is 13.0 Å². The van der Waals surface area contributed by atoms with E-state index >= 15 is 0 Å². The van der Waals surface area contributed by atoms with Crippen LogP contribution < -0.4 is 4.74 Å². The Morgan fingerprint density at radius 2 is 2.18 bits per heavy atom. The Bertz CT molecular complexity index is 407. The van der Waals surface area contributed by atoms with Gasteiger partial charge in [0.1, 0.15) is 5.75 Å². The maximum absolute atomic E-state index is 10.7. The van der Waals surface area contributed by atoms with Crippen molar-refractivity contribution in [3.63, 3.8) is 0 Å². The van der Waals surface area contributed by atoms with Crippen LogP contribution >= 0.6 is 23.2 Å². The number of hydrogen-bond acceptors (Lipinski definition) is 2. The highest BCUT2D eigenvalue weighted by Crippen LogP contribution is 2.25. The molecule has 1 rings (SSSR count). The van der Waals surface area contributed by atoms with Crippen LogP contribution in [0.3, 0.4) is 0 Å². The number of alkyl halides is 1. The zero-order chi connectivity index (χ0) is 13.0. The van der Waals surface area contributed by atoms with E-state index < -0.39 is 17.5 Å². The number of halogens is 2. The van der Waals surface area contributed by atoms with Crippen LogP contribution in [0.4, 0.5) is 0 Å². The Hall–Kier alpha value is -0.930. The van der Waals surface area contributed by atoms with Gasteiger partial charge in [-0.2, -0.15) is 0 Å². The van der Waals surface area contributed by atoms with Crippen LogP contribution in [0, 0.1) is 12.8 Å². The van der Waals surface area contributed by atoms with Gasteiger partial charge in [0.2, 0.25) is 0 Å². The summed E-state index contributed by atoms with van der Waals surface area (Å²) >= 11 is 11.8. The van der Waals surface area contributed by atoms with Gasteiger partial charge in [0.25, 0.3) is 0 Å². The lowest BCUT2D eigenvalue weighted by molar-refractivity contribution is -0.141. The maximum Gasteiger partial charge on any atom is 0.306 e. The smallest absolute Gasteiger partial charge is 0.306 e. The van der Waals surface area contributed by atoms with Crippen molar-refractivity contribution in [1.82, 2.24) is 0 Å². The van der Waals surface area contributed by atoms with E-state index in [-0.39, 0.29) is 6.42 Å². The molecule has 0 aliphatic carbocycles. The van der Waals surface area contributed by atoms with Gasteiger partial charge in [0.05, 0.1) is 5.92 Å². The molecule has 0 aliphatic rings. The molecule has 0 bridgehead atoms. The summed E-state index contributed by atoms with van der Waals surface area (Å²) in [5.41, 5.74) is 0.223. The lowest BCUT2D eigenvalue weighted by Crippen LogP contribution is -2.19. The summed E-state index contributed by atoms with van der Waals surface area (Å²) in [6.07, 6.45) is 0.239. The lowest BCUT2D eigenvalue weighted by atomic mass is 10.1. The summed E-state index contributed by atoms with van der Waals surface area (Å²) in [5.74, 6) is -0.853. The molecule has 0 fully saturated rings. The number of aryl methyl sites for hydroxylation is 1. The summed E-state index contributed by atoms with van der Waals surface area (Å²) in [4.78, 5) is 10.7. The molecule has 0 spiro atoms. The highest BCUT2D eigenvalue weighted by molar-refractivity contribution is 6.30. The standard InChI is InChI=1S/C12H14Cl2O3/c1-7-3-4-9(13)6-10(7)17-11(14)5-8(2)12(15)16/h3-4,6,8,11H,5H2,1-2H3,(H,15,16). The maximum atomic E-state index is 10.7. The molecule has 1 N–H and O–H groups in total. The molecule has 0 aliphatic heterocycles. The molecule has 2 unspecified atom stereocenters. The summed E-state index contributed by atoms with van der Waals surface area (Å²) in [5, 5.41) is 9.32. The normalized spacial score (nSPS) is 14.1. The van der Waals surface area contributed by atoms with Gasteiger partial charge in [-0.05, 0) is 24.6 Å². The molecule has 17 heavy (non-hydrogen) atoms. The van der Waals surface area contributed by atoms with Gasteiger partial charge in [-0.25, -0.2) is 0 Å². The number of hydrogen-bond donors (Lipinski definition) is 1. The van der Waals surface area contributed by atoms with Gasteiger partial charge in [0.15, 0.2) is 5.56 Å². The quantitative estimate of drug-likeness (QED) is 0.835. The van der Waals surface area contributed by atoms with E-state index in [4.69, 9.17) is 33.0 Å². The average molecular weight is 277 g/mol. The van der Waals surface area contributed by atoms with E-state index in [1.165, 1.54) is 0 Å². The zero-order valence-electron chi connectivity index (χ0n) is 9.61. The summed E-state index contributed by atoms with van der Waals surface area (Å²) in [6.45, 7) is 3.46. The minimum absolute atomic E-state index is 0.239. The summed E-state index contributed by atoms with van der Waals surface area (Å²) in [7, 11) is 0. The first-order valence-electron chi connectivity index (χ1n) is 5.20. The molecule has 0 radical (unpaired) electrons. The molecule has 1 aromatic carbocycles. The number of carbonyl (C=O) groups is 1.